The van der Waals surface area contributed by atoms with Crippen molar-refractivity contribution in [1.82, 2.24) is 0 Å². The topological polar surface area (TPSA) is 20.2 Å². The standard InChI is InChI=1S/C14H11Cl2FO/c15-10-3-1-9(2-4-10)7-14(18)12-6-5-11(17)8-13(12)16/h1-6,8,14,18H,7H2. The van der Waals surface area contributed by atoms with Gasteiger partial charge in [-0.15, -0.1) is 0 Å². The minimum absolute atomic E-state index is 0.233. The zero-order valence-electron chi connectivity index (χ0n) is 9.41. The zero-order chi connectivity index (χ0) is 13.1. The zero-order valence-corrected chi connectivity index (χ0v) is 10.9. The summed E-state index contributed by atoms with van der Waals surface area (Å²) >= 11 is 11.7. The summed E-state index contributed by atoms with van der Waals surface area (Å²) in [6.07, 6.45) is -0.359. The van der Waals surface area contributed by atoms with E-state index in [4.69, 9.17) is 23.2 Å². The van der Waals surface area contributed by atoms with Crippen molar-refractivity contribution in [3.63, 3.8) is 0 Å². The first-order valence-corrected chi connectivity index (χ1v) is 6.19. The fraction of sp³-hybridized carbons (Fsp3) is 0.143. The van der Waals surface area contributed by atoms with Crippen LogP contribution in [0.25, 0.3) is 0 Å². The molecular formula is C14H11Cl2FO. The second kappa shape index (κ2) is 5.70. The molecule has 1 nitrogen and oxygen atoms in total. The second-order valence-corrected chi connectivity index (χ2v) is 4.86. The van der Waals surface area contributed by atoms with Gasteiger partial charge in [-0.1, -0.05) is 41.4 Å². The van der Waals surface area contributed by atoms with Gasteiger partial charge in [0, 0.05) is 16.5 Å². The Morgan fingerprint density at radius 3 is 2.33 bits per heavy atom. The Bertz CT molecular complexity index is 540. The molecule has 0 saturated heterocycles. The number of hydrogen-bond donors (Lipinski definition) is 1. The largest absolute Gasteiger partial charge is 0.388 e. The highest BCUT2D eigenvalue weighted by atomic mass is 35.5. The minimum Gasteiger partial charge on any atom is -0.388 e. The maximum atomic E-state index is 12.9. The Hall–Kier alpha value is -1.09. The molecule has 1 atom stereocenters. The molecule has 0 spiro atoms. The smallest absolute Gasteiger partial charge is 0.124 e. The lowest BCUT2D eigenvalue weighted by molar-refractivity contribution is 0.178. The van der Waals surface area contributed by atoms with Crippen molar-refractivity contribution in [2.75, 3.05) is 0 Å². The second-order valence-electron chi connectivity index (χ2n) is 4.01. The fourth-order valence-electron chi connectivity index (χ4n) is 1.73. The lowest BCUT2D eigenvalue weighted by Gasteiger charge is -2.13. The van der Waals surface area contributed by atoms with Gasteiger partial charge in [-0.3, -0.25) is 0 Å². The van der Waals surface area contributed by atoms with Gasteiger partial charge in [-0.25, -0.2) is 4.39 Å². The molecule has 4 heteroatoms. The summed E-state index contributed by atoms with van der Waals surface area (Å²) in [5, 5.41) is 11.0. The van der Waals surface area contributed by atoms with E-state index in [0.717, 1.165) is 5.56 Å². The van der Waals surface area contributed by atoms with E-state index < -0.39 is 11.9 Å². The molecule has 0 amide bonds. The predicted molar refractivity (Wildman–Crippen MR) is 71.5 cm³/mol. The van der Waals surface area contributed by atoms with Crippen molar-refractivity contribution >= 4 is 23.2 Å². The number of benzene rings is 2. The summed E-state index contributed by atoms with van der Waals surface area (Å²) in [5.41, 5.74) is 1.46. The van der Waals surface area contributed by atoms with Crippen LogP contribution in [0.4, 0.5) is 4.39 Å². The monoisotopic (exact) mass is 284 g/mol. The van der Waals surface area contributed by atoms with Gasteiger partial charge in [0.15, 0.2) is 0 Å². The van der Waals surface area contributed by atoms with Crippen molar-refractivity contribution in [2.24, 2.45) is 0 Å². The van der Waals surface area contributed by atoms with Crippen LogP contribution in [-0.2, 0) is 6.42 Å². The highest BCUT2D eigenvalue weighted by Crippen LogP contribution is 2.26. The fourth-order valence-corrected chi connectivity index (χ4v) is 2.14. The Morgan fingerprint density at radius 2 is 1.72 bits per heavy atom. The van der Waals surface area contributed by atoms with Gasteiger partial charge in [-0.2, -0.15) is 0 Å². The Morgan fingerprint density at radius 1 is 1.06 bits per heavy atom. The summed E-state index contributed by atoms with van der Waals surface area (Å²) in [6, 6.07) is 11.2. The van der Waals surface area contributed by atoms with Gasteiger partial charge >= 0.3 is 0 Å². The van der Waals surface area contributed by atoms with Gasteiger partial charge < -0.3 is 5.11 Å². The lowest BCUT2D eigenvalue weighted by atomic mass is 10.0. The Kier molecular flexibility index (Phi) is 4.23. The Labute approximate surface area is 115 Å². The molecule has 2 aromatic rings. The van der Waals surface area contributed by atoms with E-state index in [2.05, 4.69) is 0 Å². The quantitative estimate of drug-likeness (QED) is 0.885. The molecule has 0 radical (unpaired) electrons. The normalized spacial score (nSPS) is 12.4. The molecule has 0 aliphatic heterocycles. The van der Waals surface area contributed by atoms with Crippen LogP contribution < -0.4 is 0 Å². The van der Waals surface area contributed by atoms with Crippen molar-refractivity contribution in [2.45, 2.75) is 12.5 Å². The maximum absolute atomic E-state index is 12.9. The van der Waals surface area contributed by atoms with Gasteiger partial charge in [-0.05, 0) is 35.4 Å². The highest BCUT2D eigenvalue weighted by molar-refractivity contribution is 6.31. The van der Waals surface area contributed by atoms with Crippen LogP contribution >= 0.6 is 23.2 Å². The minimum atomic E-state index is -0.765. The average Bonchev–Trinajstić information content (AvgIpc) is 2.32. The summed E-state index contributed by atoms with van der Waals surface area (Å²) in [5.74, 6) is -0.414. The highest BCUT2D eigenvalue weighted by Gasteiger charge is 2.12. The van der Waals surface area contributed by atoms with Crippen molar-refractivity contribution in [3.8, 4) is 0 Å². The van der Waals surface area contributed by atoms with E-state index in [1.807, 2.05) is 12.1 Å². The summed E-state index contributed by atoms with van der Waals surface area (Å²) in [6.45, 7) is 0. The van der Waals surface area contributed by atoms with E-state index in [-0.39, 0.29) is 5.02 Å². The number of aliphatic hydroxyl groups excluding tert-OH is 1. The summed E-state index contributed by atoms with van der Waals surface area (Å²) in [7, 11) is 0. The van der Waals surface area contributed by atoms with Crippen LogP contribution in [0.5, 0.6) is 0 Å². The Balaban J connectivity index is 2.16. The average molecular weight is 285 g/mol. The molecule has 0 fully saturated rings. The van der Waals surface area contributed by atoms with Crippen LogP contribution in [0.1, 0.15) is 17.2 Å². The molecule has 2 rings (SSSR count). The molecule has 0 aromatic heterocycles. The summed E-state index contributed by atoms with van der Waals surface area (Å²) in [4.78, 5) is 0. The van der Waals surface area contributed by atoms with E-state index >= 15 is 0 Å². The molecular weight excluding hydrogens is 274 g/mol. The third-order valence-electron chi connectivity index (χ3n) is 2.66. The molecule has 2 aromatic carbocycles. The van der Waals surface area contributed by atoms with Crippen molar-refractivity contribution in [3.05, 3.63) is 69.5 Å². The van der Waals surface area contributed by atoms with Crippen LogP contribution in [0, 0.1) is 5.82 Å². The van der Waals surface area contributed by atoms with E-state index in [0.29, 0.717) is 17.0 Å². The summed E-state index contributed by atoms with van der Waals surface area (Å²) < 4.78 is 12.9. The van der Waals surface area contributed by atoms with Gasteiger partial charge in [0.05, 0.1) is 6.10 Å². The molecule has 1 unspecified atom stereocenters. The van der Waals surface area contributed by atoms with Gasteiger partial charge in [0.1, 0.15) is 5.82 Å². The molecule has 0 aliphatic carbocycles. The number of halogens is 3. The first-order chi connectivity index (χ1) is 8.56. The van der Waals surface area contributed by atoms with Gasteiger partial charge in [0.2, 0.25) is 0 Å². The number of hydrogen-bond acceptors (Lipinski definition) is 1. The third-order valence-corrected chi connectivity index (χ3v) is 3.24. The van der Waals surface area contributed by atoms with Crippen LogP contribution in [0.2, 0.25) is 10.0 Å². The molecule has 0 saturated carbocycles. The van der Waals surface area contributed by atoms with Crippen molar-refractivity contribution in [1.29, 1.82) is 0 Å². The molecule has 18 heavy (non-hydrogen) atoms. The lowest BCUT2D eigenvalue weighted by Crippen LogP contribution is -2.02. The predicted octanol–water partition coefficient (Wildman–Crippen LogP) is 4.41. The van der Waals surface area contributed by atoms with Crippen LogP contribution in [-0.4, -0.2) is 5.11 Å². The maximum Gasteiger partial charge on any atom is 0.124 e. The first kappa shape index (κ1) is 13.3. The molecule has 94 valence electrons. The first-order valence-electron chi connectivity index (χ1n) is 5.44. The van der Waals surface area contributed by atoms with Crippen molar-refractivity contribution < 1.29 is 9.50 Å². The van der Waals surface area contributed by atoms with E-state index in [1.165, 1.54) is 18.2 Å². The number of aliphatic hydroxyl groups is 1. The van der Waals surface area contributed by atoms with Crippen LogP contribution in [0.3, 0.4) is 0 Å². The van der Waals surface area contributed by atoms with E-state index in [1.54, 1.807) is 12.1 Å². The molecule has 1 N–H and O–H groups in total. The number of rotatable bonds is 3. The third kappa shape index (κ3) is 3.22. The van der Waals surface area contributed by atoms with Gasteiger partial charge in [0.25, 0.3) is 0 Å². The molecule has 0 bridgehead atoms. The van der Waals surface area contributed by atoms with E-state index in [9.17, 15) is 9.50 Å². The van der Waals surface area contributed by atoms with Crippen LogP contribution in [0.15, 0.2) is 42.5 Å². The molecule has 0 aliphatic rings. The molecule has 0 heterocycles. The SMILES string of the molecule is OC(Cc1ccc(Cl)cc1)c1ccc(F)cc1Cl.